The fourth-order valence-corrected chi connectivity index (χ4v) is 4.13. The SMILES string of the molecule is Cc1cccc(Oc2cnn(-c3ccc(Cl)cc3)c(=O)c2Nc2ccc(C(=O)NCCc3ccccn3)cc2)c1. The first-order chi connectivity index (χ1) is 19.5. The van der Waals surface area contributed by atoms with Crippen LogP contribution in [-0.4, -0.2) is 27.2 Å². The highest BCUT2D eigenvalue weighted by Crippen LogP contribution is 2.29. The molecule has 0 aliphatic rings. The number of amides is 1. The van der Waals surface area contributed by atoms with E-state index in [-0.39, 0.29) is 17.3 Å². The summed E-state index contributed by atoms with van der Waals surface area (Å²) in [5.74, 6) is 0.642. The third kappa shape index (κ3) is 6.54. The van der Waals surface area contributed by atoms with E-state index in [0.717, 1.165) is 11.3 Å². The number of aryl methyl sites for hydroxylation is 1. The number of nitrogens with zero attached hydrogens (tertiary/aromatic N) is 3. The average Bonchev–Trinajstić information content (AvgIpc) is 2.96. The van der Waals surface area contributed by atoms with E-state index in [1.54, 1.807) is 54.7 Å². The molecule has 0 atom stereocenters. The zero-order chi connectivity index (χ0) is 27.9. The number of carbonyl (C=O) groups is 1. The number of anilines is 2. The highest BCUT2D eigenvalue weighted by molar-refractivity contribution is 6.30. The van der Waals surface area contributed by atoms with Crippen LogP contribution < -0.4 is 20.9 Å². The number of halogens is 1. The Morgan fingerprint density at radius 1 is 0.975 bits per heavy atom. The summed E-state index contributed by atoms with van der Waals surface area (Å²) in [5.41, 5.74) is 3.36. The fraction of sp³-hybridized carbons (Fsp3) is 0.0968. The Hall–Kier alpha value is -4.95. The lowest BCUT2D eigenvalue weighted by Gasteiger charge is -2.15. The molecule has 5 aromatic rings. The molecule has 2 heterocycles. The van der Waals surface area contributed by atoms with Crippen molar-refractivity contribution in [1.29, 1.82) is 0 Å². The first-order valence-electron chi connectivity index (χ1n) is 12.6. The van der Waals surface area contributed by atoms with Gasteiger partial charge in [-0.25, -0.2) is 0 Å². The van der Waals surface area contributed by atoms with E-state index in [4.69, 9.17) is 16.3 Å². The number of nitrogens with one attached hydrogen (secondary N) is 2. The van der Waals surface area contributed by atoms with Gasteiger partial charge in [0.2, 0.25) is 0 Å². The maximum absolute atomic E-state index is 13.6. The summed E-state index contributed by atoms with van der Waals surface area (Å²) in [4.78, 5) is 30.5. The van der Waals surface area contributed by atoms with E-state index in [1.165, 1.54) is 10.9 Å². The summed E-state index contributed by atoms with van der Waals surface area (Å²) < 4.78 is 7.34. The molecule has 0 saturated heterocycles. The van der Waals surface area contributed by atoms with Gasteiger partial charge in [-0.1, -0.05) is 29.8 Å². The van der Waals surface area contributed by atoms with Crippen LogP contribution in [0.3, 0.4) is 0 Å². The molecule has 1 amide bonds. The van der Waals surface area contributed by atoms with Gasteiger partial charge in [-0.15, -0.1) is 0 Å². The molecule has 200 valence electrons. The van der Waals surface area contributed by atoms with Gasteiger partial charge in [0, 0.05) is 41.1 Å². The van der Waals surface area contributed by atoms with Crippen LogP contribution in [0.4, 0.5) is 11.4 Å². The lowest BCUT2D eigenvalue weighted by Crippen LogP contribution is -2.26. The predicted octanol–water partition coefficient (Wildman–Crippen LogP) is 6.10. The number of aromatic nitrogens is 3. The van der Waals surface area contributed by atoms with Crippen LogP contribution in [0.5, 0.6) is 11.5 Å². The highest BCUT2D eigenvalue weighted by atomic mass is 35.5. The van der Waals surface area contributed by atoms with Crippen molar-refractivity contribution in [2.45, 2.75) is 13.3 Å². The summed E-state index contributed by atoms with van der Waals surface area (Å²) in [6.07, 6.45) is 3.86. The zero-order valence-electron chi connectivity index (χ0n) is 21.7. The second kappa shape index (κ2) is 12.3. The standard InChI is InChI=1S/C31H26ClN5O3/c1-21-5-4-7-27(19-21)40-28-20-35-37(26-14-10-23(32)11-15-26)31(39)29(28)36-25-12-8-22(9-13-25)30(38)34-18-16-24-6-2-3-17-33-24/h2-15,17,19-20,36H,16,18H2,1H3,(H,34,38). The van der Waals surface area contributed by atoms with Crippen LogP contribution in [-0.2, 0) is 6.42 Å². The summed E-state index contributed by atoms with van der Waals surface area (Å²) in [6, 6.07) is 26.9. The number of hydrogen-bond donors (Lipinski definition) is 2. The Morgan fingerprint density at radius 3 is 2.50 bits per heavy atom. The number of benzene rings is 3. The summed E-state index contributed by atoms with van der Waals surface area (Å²) >= 11 is 6.03. The van der Waals surface area contributed by atoms with Crippen LogP contribution in [0.1, 0.15) is 21.6 Å². The molecule has 0 saturated carbocycles. The van der Waals surface area contributed by atoms with Gasteiger partial charge in [-0.05, 0) is 85.3 Å². The molecule has 8 nitrogen and oxygen atoms in total. The summed E-state index contributed by atoms with van der Waals surface area (Å²) in [5, 5.41) is 10.9. The second-order valence-electron chi connectivity index (χ2n) is 9.03. The van der Waals surface area contributed by atoms with E-state index in [9.17, 15) is 9.59 Å². The van der Waals surface area contributed by atoms with Gasteiger partial charge in [0.25, 0.3) is 11.5 Å². The van der Waals surface area contributed by atoms with E-state index in [2.05, 4.69) is 20.7 Å². The molecule has 0 radical (unpaired) electrons. The minimum atomic E-state index is -0.413. The maximum Gasteiger partial charge on any atom is 0.299 e. The first-order valence-corrected chi connectivity index (χ1v) is 13.0. The molecule has 0 fully saturated rings. The van der Waals surface area contributed by atoms with Crippen molar-refractivity contribution in [3.8, 4) is 17.2 Å². The summed E-state index contributed by atoms with van der Waals surface area (Å²) in [7, 11) is 0. The molecular formula is C31H26ClN5O3. The molecule has 2 N–H and O–H groups in total. The van der Waals surface area contributed by atoms with Crippen molar-refractivity contribution in [3.05, 3.63) is 136 Å². The lowest BCUT2D eigenvalue weighted by molar-refractivity contribution is 0.0954. The molecule has 0 unspecified atom stereocenters. The monoisotopic (exact) mass is 551 g/mol. The maximum atomic E-state index is 13.6. The molecule has 0 bridgehead atoms. The zero-order valence-corrected chi connectivity index (χ0v) is 22.4. The number of ether oxygens (including phenoxy) is 1. The number of pyridine rings is 1. The Kier molecular flexibility index (Phi) is 8.18. The third-order valence-electron chi connectivity index (χ3n) is 6.04. The van der Waals surface area contributed by atoms with E-state index in [1.807, 2.05) is 49.4 Å². The van der Waals surface area contributed by atoms with E-state index in [0.29, 0.717) is 40.7 Å². The van der Waals surface area contributed by atoms with Crippen molar-refractivity contribution >= 4 is 28.9 Å². The Labute approximate surface area is 236 Å². The number of hydrogen-bond acceptors (Lipinski definition) is 6. The number of carbonyl (C=O) groups excluding carboxylic acids is 1. The van der Waals surface area contributed by atoms with Crippen LogP contribution in [0, 0.1) is 6.92 Å². The van der Waals surface area contributed by atoms with Crippen LogP contribution in [0.25, 0.3) is 5.69 Å². The molecule has 0 aliphatic carbocycles. The Morgan fingerprint density at radius 2 is 1.77 bits per heavy atom. The molecular weight excluding hydrogens is 526 g/mol. The predicted molar refractivity (Wildman–Crippen MR) is 156 cm³/mol. The topological polar surface area (TPSA) is 98.1 Å². The van der Waals surface area contributed by atoms with Gasteiger partial charge in [0.15, 0.2) is 11.4 Å². The number of rotatable bonds is 9. The van der Waals surface area contributed by atoms with Gasteiger partial charge in [0.1, 0.15) is 5.75 Å². The lowest BCUT2D eigenvalue weighted by atomic mass is 10.2. The normalized spacial score (nSPS) is 10.7. The second-order valence-corrected chi connectivity index (χ2v) is 9.46. The molecule has 3 aromatic carbocycles. The van der Waals surface area contributed by atoms with Crippen molar-refractivity contribution < 1.29 is 9.53 Å². The van der Waals surface area contributed by atoms with Crippen LogP contribution in [0.2, 0.25) is 5.02 Å². The highest BCUT2D eigenvalue weighted by Gasteiger charge is 2.16. The van der Waals surface area contributed by atoms with Gasteiger partial charge in [-0.3, -0.25) is 14.6 Å². The van der Waals surface area contributed by atoms with Crippen molar-refractivity contribution in [1.82, 2.24) is 20.1 Å². The smallest absolute Gasteiger partial charge is 0.299 e. The van der Waals surface area contributed by atoms with Gasteiger partial charge in [0.05, 0.1) is 11.9 Å². The van der Waals surface area contributed by atoms with Crippen molar-refractivity contribution in [3.63, 3.8) is 0 Å². The minimum Gasteiger partial charge on any atom is -0.453 e. The van der Waals surface area contributed by atoms with E-state index < -0.39 is 5.56 Å². The van der Waals surface area contributed by atoms with Gasteiger partial charge in [-0.2, -0.15) is 9.78 Å². The van der Waals surface area contributed by atoms with Crippen LogP contribution >= 0.6 is 11.6 Å². The first kappa shape index (κ1) is 26.6. The van der Waals surface area contributed by atoms with Gasteiger partial charge >= 0.3 is 0 Å². The fourth-order valence-electron chi connectivity index (χ4n) is 4.00. The summed E-state index contributed by atoms with van der Waals surface area (Å²) in [6.45, 7) is 2.43. The Bertz CT molecular complexity index is 1670. The van der Waals surface area contributed by atoms with E-state index >= 15 is 0 Å². The van der Waals surface area contributed by atoms with Gasteiger partial charge < -0.3 is 15.4 Å². The van der Waals surface area contributed by atoms with Crippen molar-refractivity contribution in [2.75, 3.05) is 11.9 Å². The average molecular weight is 552 g/mol. The largest absolute Gasteiger partial charge is 0.453 e. The van der Waals surface area contributed by atoms with Crippen LogP contribution in [0.15, 0.2) is 108 Å². The molecule has 9 heteroatoms. The molecule has 5 rings (SSSR count). The Balaban J connectivity index is 1.37. The molecule has 2 aromatic heterocycles. The molecule has 0 spiro atoms. The third-order valence-corrected chi connectivity index (χ3v) is 6.29. The molecule has 0 aliphatic heterocycles. The molecule has 40 heavy (non-hydrogen) atoms. The quantitative estimate of drug-likeness (QED) is 0.230. The van der Waals surface area contributed by atoms with Crippen molar-refractivity contribution in [2.24, 2.45) is 0 Å². The minimum absolute atomic E-state index is 0.194.